The molecule has 5 rings (SSSR count). The number of imidazole rings is 1. The normalized spacial score (nSPS) is 20.6. The summed E-state index contributed by atoms with van der Waals surface area (Å²) in [5, 5.41) is 0. The zero-order chi connectivity index (χ0) is 22.4. The Hall–Kier alpha value is -3.29. The van der Waals surface area contributed by atoms with E-state index < -0.39 is 11.6 Å². The molecule has 1 aliphatic carbocycles. The summed E-state index contributed by atoms with van der Waals surface area (Å²) in [5.74, 6) is -1.20. The van der Waals surface area contributed by atoms with Gasteiger partial charge in [-0.05, 0) is 61.9 Å². The van der Waals surface area contributed by atoms with E-state index in [9.17, 15) is 18.4 Å². The highest BCUT2D eigenvalue weighted by Gasteiger charge is 2.38. The van der Waals surface area contributed by atoms with Gasteiger partial charge in [-0.15, -0.1) is 0 Å². The highest BCUT2D eigenvalue weighted by Crippen LogP contribution is 2.34. The smallest absolute Gasteiger partial charge is 0.275 e. The van der Waals surface area contributed by atoms with Gasteiger partial charge < -0.3 is 14.0 Å². The molecule has 8 heteroatoms. The molecule has 1 aromatic carbocycles. The average molecular weight is 438 g/mol. The lowest BCUT2D eigenvalue weighted by Crippen LogP contribution is -2.50. The maximum Gasteiger partial charge on any atom is 0.275 e. The van der Waals surface area contributed by atoms with Crippen molar-refractivity contribution in [3.05, 3.63) is 81.8 Å². The second-order valence-corrected chi connectivity index (χ2v) is 8.72. The van der Waals surface area contributed by atoms with Crippen LogP contribution in [-0.4, -0.2) is 37.5 Å². The van der Waals surface area contributed by atoms with Crippen molar-refractivity contribution in [2.75, 3.05) is 6.54 Å². The molecule has 2 atom stereocenters. The van der Waals surface area contributed by atoms with Gasteiger partial charge in [0.25, 0.3) is 11.5 Å². The first-order valence-corrected chi connectivity index (χ1v) is 10.9. The van der Waals surface area contributed by atoms with Crippen LogP contribution in [0.1, 0.15) is 41.0 Å². The minimum Gasteiger partial charge on any atom is -0.332 e. The molecular formula is C24H24F2N4O2. The van der Waals surface area contributed by atoms with Crippen molar-refractivity contribution in [1.29, 1.82) is 0 Å². The van der Waals surface area contributed by atoms with Crippen LogP contribution in [0.5, 0.6) is 0 Å². The Labute approximate surface area is 184 Å². The molecule has 1 amide bonds. The van der Waals surface area contributed by atoms with Crippen LogP contribution in [0, 0.1) is 24.5 Å². The number of nitrogens with zero attached hydrogens (tertiary/aromatic N) is 4. The molecule has 1 aliphatic heterocycles. The Balaban J connectivity index is 1.40. The fraction of sp³-hybridized carbons (Fsp3) is 0.375. The number of pyridine rings is 1. The largest absolute Gasteiger partial charge is 0.332 e. The number of aryl methyl sites for hydroxylation is 1. The van der Waals surface area contributed by atoms with E-state index in [2.05, 4.69) is 4.98 Å². The van der Waals surface area contributed by atoms with E-state index >= 15 is 0 Å². The van der Waals surface area contributed by atoms with Gasteiger partial charge >= 0.3 is 0 Å². The van der Waals surface area contributed by atoms with Gasteiger partial charge in [-0.3, -0.25) is 9.59 Å². The van der Waals surface area contributed by atoms with E-state index in [-0.39, 0.29) is 23.4 Å². The second-order valence-electron chi connectivity index (χ2n) is 8.72. The Morgan fingerprint density at radius 2 is 1.84 bits per heavy atom. The SMILES string of the molecule is Cc1cn(-c2ccc3n(c2=O)CCN(C2CCCC2Cc2cc(F)cc(F)c2)C3=O)cn1. The average Bonchev–Trinajstić information content (AvgIpc) is 3.37. The standard InChI is InChI=1S/C24H24F2N4O2/c1-15-13-28(14-27-15)21-5-6-22-24(32)29(7-8-30(22)23(21)31)20-4-2-3-17(20)9-16-10-18(25)12-19(26)11-16/h5-6,10-14,17,20H,2-4,7-9H2,1H3. The molecule has 166 valence electrons. The summed E-state index contributed by atoms with van der Waals surface area (Å²) in [4.78, 5) is 32.4. The fourth-order valence-electron chi connectivity index (χ4n) is 5.20. The summed E-state index contributed by atoms with van der Waals surface area (Å²) in [6.07, 6.45) is 6.61. The molecule has 3 aromatic rings. The van der Waals surface area contributed by atoms with Gasteiger partial charge in [-0.1, -0.05) is 6.42 Å². The summed E-state index contributed by atoms with van der Waals surface area (Å²) in [7, 11) is 0. The van der Waals surface area contributed by atoms with E-state index in [1.165, 1.54) is 16.7 Å². The third-order valence-electron chi connectivity index (χ3n) is 6.63. The molecule has 0 saturated heterocycles. The summed E-state index contributed by atoms with van der Waals surface area (Å²) in [6, 6.07) is 6.96. The number of fused-ring (bicyclic) bond motifs is 1. The van der Waals surface area contributed by atoms with Gasteiger partial charge in [0.15, 0.2) is 0 Å². The fourth-order valence-corrected chi connectivity index (χ4v) is 5.20. The van der Waals surface area contributed by atoms with Crippen LogP contribution >= 0.6 is 0 Å². The third-order valence-corrected chi connectivity index (χ3v) is 6.63. The number of benzene rings is 1. The lowest BCUT2D eigenvalue weighted by molar-refractivity contribution is 0.0566. The molecule has 2 aromatic heterocycles. The Bertz CT molecular complexity index is 1230. The first-order chi connectivity index (χ1) is 15.4. The van der Waals surface area contributed by atoms with Crippen molar-refractivity contribution in [3.63, 3.8) is 0 Å². The van der Waals surface area contributed by atoms with Gasteiger partial charge in [-0.25, -0.2) is 13.8 Å². The number of hydrogen-bond donors (Lipinski definition) is 0. The van der Waals surface area contributed by atoms with Crippen molar-refractivity contribution in [2.24, 2.45) is 5.92 Å². The quantitative estimate of drug-likeness (QED) is 0.627. The van der Waals surface area contributed by atoms with Crippen LogP contribution in [0.2, 0.25) is 0 Å². The molecule has 0 bridgehead atoms. The van der Waals surface area contributed by atoms with Gasteiger partial charge in [0, 0.05) is 31.4 Å². The van der Waals surface area contributed by atoms with E-state index in [0.29, 0.717) is 36.5 Å². The third kappa shape index (κ3) is 3.63. The maximum absolute atomic E-state index is 13.6. The van der Waals surface area contributed by atoms with Gasteiger partial charge in [0.2, 0.25) is 0 Å². The summed E-state index contributed by atoms with van der Waals surface area (Å²) in [6.45, 7) is 2.71. The Morgan fingerprint density at radius 3 is 2.56 bits per heavy atom. The van der Waals surface area contributed by atoms with Gasteiger partial charge in [0.1, 0.15) is 23.0 Å². The molecule has 0 spiro atoms. The summed E-state index contributed by atoms with van der Waals surface area (Å²) < 4.78 is 30.5. The molecule has 1 saturated carbocycles. The molecule has 3 heterocycles. The Kier molecular flexibility index (Phi) is 5.15. The predicted molar refractivity (Wildman–Crippen MR) is 115 cm³/mol. The number of halogens is 2. The van der Waals surface area contributed by atoms with Crippen LogP contribution in [0.3, 0.4) is 0 Å². The number of carbonyl (C=O) groups is 1. The van der Waals surface area contributed by atoms with Crippen LogP contribution in [0.15, 0.2) is 47.7 Å². The van der Waals surface area contributed by atoms with Crippen molar-refractivity contribution < 1.29 is 13.6 Å². The number of hydrogen-bond acceptors (Lipinski definition) is 3. The summed E-state index contributed by atoms with van der Waals surface area (Å²) in [5.41, 5.74) is 2.04. The summed E-state index contributed by atoms with van der Waals surface area (Å²) >= 11 is 0. The highest BCUT2D eigenvalue weighted by molar-refractivity contribution is 5.93. The predicted octanol–water partition coefficient (Wildman–Crippen LogP) is 3.49. The van der Waals surface area contributed by atoms with Crippen LogP contribution < -0.4 is 5.56 Å². The van der Waals surface area contributed by atoms with E-state index in [1.807, 2.05) is 11.8 Å². The molecule has 32 heavy (non-hydrogen) atoms. The van der Waals surface area contributed by atoms with Crippen molar-refractivity contribution >= 4 is 5.91 Å². The maximum atomic E-state index is 13.6. The Morgan fingerprint density at radius 1 is 1.06 bits per heavy atom. The van der Waals surface area contributed by atoms with Crippen molar-refractivity contribution in [2.45, 2.75) is 45.2 Å². The van der Waals surface area contributed by atoms with Crippen molar-refractivity contribution in [1.82, 2.24) is 19.0 Å². The zero-order valence-electron chi connectivity index (χ0n) is 17.8. The monoisotopic (exact) mass is 438 g/mol. The van der Waals surface area contributed by atoms with Crippen LogP contribution in [0.25, 0.3) is 5.69 Å². The molecule has 1 fully saturated rings. The van der Waals surface area contributed by atoms with E-state index in [4.69, 9.17) is 0 Å². The van der Waals surface area contributed by atoms with E-state index in [1.54, 1.807) is 29.2 Å². The minimum atomic E-state index is -0.583. The number of aromatic nitrogens is 3. The van der Waals surface area contributed by atoms with Gasteiger partial charge in [-0.2, -0.15) is 0 Å². The molecular weight excluding hydrogens is 414 g/mol. The van der Waals surface area contributed by atoms with Gasteiger partial charge in [0.05, 0.1) is 12.0 Å². The number of rotatable bonds is 4. The van der Waals surface area contributed by atoms with Crippen LogP contribution in [0.4, 0.5) is 8.78 Å². The molecule has 6 nitrogen and oxygen atoms in total. The number of amides is 1. The van der Waals surface area contributed by atoms with Crippen molar-refractivity contribution in [3.8, 4) is 5.69 Å². The molecule has 0 radical (unpaired) electrons. The molecule has 2 aliphatic rings. The second kappa shape index (κ2) is 8.00. The first kappa shape index (κ1) is 20.6. The molecule has 2 unspecified atom stereocenters. The lowest BCUT2D eigenvalue weighted by Gasteiger charge is -2.37. The lowest BCUT2D eigenvalue weighted by atomic mass is 9.93. The topological polar surface area (TPSA) is 60.1 Å². The van der Waals surface area contributed by atoms with Crippen LogP contribution in [-0.2, 0) is 13.0 Å². The molecule has 0 N–H and O–H groups in total. The highest BCUT2D eigenvalue weighted by atomic mass is 19.1. The zero-order valence-corrected chi connectivity index (χ0v) is 17.8. The van der Waals surface area contributed by atoms with E-state index in [0.717, 1.165) is 31.0 Å². The minimum absolute atomic E-state index is 0.00587. The first-order valence-electron chi connectivity index (χ1n) is 10.9. The number of carbonyl (C=O) groups excluding carboxylic acids is 1.